The molecular weight excluding hydrogens is 210 g/mol. The second-order valence-electron chi connectivity index (χ2n) is 6.62. The summed E-state index contributed by atoms with van der Waals surface area (Å²) in [5.74, 6) is 3.88. The fraction of sp³-hybridized carbons (Fsp3) is 0.933. The van der Waals surface area contributed by atoms with Crippen molar-refractivity contribution in [3.05, 3.63) is 0 Å². The molecule has 2 aliphatic carbocycles. The van der Waals surface area contributed by atoms with E-state index in [0.29, 0.717) is 11.7 Å². The zero-order valence-corrected chi connectivity index (χ0v) is 11.0. The van der Waals surface area contributed by atoms with Gasteiger partial charge in [0.25, 0.3) is 0 Å². The molecule has 2 nitrogen and oxygen atoms in total. The number of rotatable bonds is 3. The van der Waals surface area contributed by atoms with Crippen LogP contribution in [0.3, 0.4) is 0 Å². The molecule has 1 heterocycles. The van der Waals surface area contributed by atoms with Crippen molar-refractivity contribution in [2.24, 2.45) is 23.7 Å². The van der Waals surface area contributed by atoms with Gasteiger partial charge in [0.05, 0.1) is 0 Å². The molecule has 3 rings (SSSR count). The molecule has 17 heavy (non-hydrogen) atoms. The molecule has 1 saturated heterocycles. The monoisotopic (exact) mass is 235 g/mol. The molecule has 3 fully saturated rings. The second kappa shape index (κ2) is 4.72. The Kier molecular flexibility index (Phi) is 3.25. The van der Waals surface area contributed by atoms with Crippen molar-refractivity contribution in [3.8, 4) is 0 Å². The van der Waals surface area contributed by atoms with Gasteiger partial charge in [-0.1, -0.05) is 6.42 Å². The predicted molar refractivity (Wildman–Crippen MR) is 68.8 cm³/mol. The summed E-state index contributed by atoms with van der Waals surface area (Å²) in [4.78, 5) is 14.0. The molecule has 2 heteroatoms. The summed E-state index contributed by atoms with van der Waals surface area (Å²) in [5, 5.41) is 0. The van der Waals surface area contributed by atoms with Gasteiger partial charge in [-0.2, -0.15) is 0 Å². The molecular formula is C15H25NO. The lowest BCUT2D eigenvalue weighted by molar-refractivity contribution is -0.122. The lowest BCUT2D eigenvalue weighted by Gasteiger charge is -2.34. The second-order valence-corrected chi connectivity index (χ2v) is 6.62. The molecule has 2 bridgehead atoms. The van der Waals surface area contributed by atoms with E-state index in [4.69, 9.17) is 0 Å². The Bertz CT molecular complexity index is 293. The van der Waals surface area contributed by atoms with E-state index in [1.54, 1.807) is 6.92 Å². The number of hydrogen-bond donors (Lipinski definition) is 0. The Morgan fingerprint density at radius 2 is 1.88 bits per heavy atom. The first-order chi connectivity index (χ1) is 8.22. The topological polar surface area (TPSA) is 20.3 Å². The third-order valence-corrected chi connectivity index (χ3v) is 5.54. The number of hydrogen-bond acceptors (Lipinski definition) is 2. The summed E-state index contributed by atoms with van der Waals surface area (Å²) >= 11 is 0. The summed E-state index contributed by atoms with van der Waals surface area (Å²) in [6.07, 6.45) is 8.24. The minimum atomic E-state index is 0.367. The van der Waals surface area contributed by atoms with Crippen LogP contribution in [-0.2, 0) is 4.79 Å². The molecule has 96 valence electrons. The molecule has 0 spiro atoms. The lowest BCUT2D eigenvalue weighted by Crippen LogP contribution is -2.39. The Morgan fingerprint density at radius 3 is 2.41 bits per heavy atom. The van der Waals surface area contributed by atoms with Crippen LogP contribution in [0.4, 0.5) is 0 Å². The van der Waals surface area contributed by atoms with Crippen molar-refractivity contribution in [1.82, 2.24) is 4.90 Å². The number of fused-ring (bicyclic) bond motifs is 2. The van der Waals surface area contributed by atoms with Crippen LogP contribution in [0.2, 0.25) is 0 Å². The molecule has 1 aliphatic heterocycles. The molecule has 3 aliphatic rings. The molecule has 0 aromatic rings. The Balaban J connectivity index is 1.46. The van der Waals surface area contributed by atoms with Gasteiger partial charge in [0.15, 0.2) is 0 Å². The van der Waals surface area contributed by atoms with Crippen LogP contribution < -0.4 is 0 Å². The normalized spacial score (nSPS) is 38.8. The third kappa shape index (κ3) is 2.42. The van der Waals surface area contributed by atoms with Crippen molar-refractivity contribution in [2.75, 3.05) is 19.6 Å². The van der Waals surface area contributed by atoms with Crippen LogP contribution in [0, 0.1) is 23.7 Å². The highest BCUT2D eigenvalue weighted by molar-refractivity contribution is 5.78. The highest BCUT2D eigenvalue weighted by Gasteiger charge is 2.40. The average molecular weight is 235 g/mol. The molecule has 3 atom stereocenters. The summed E-state index contributed by atoms with van der Waals surface area (Å²) in [5.41, 5.74) is 0. The van der Waals surface area contributed by atoms with Crippen LogP contribution in [-0.4, -0.2) is 30.3 Å². The minimum Gasteiger partial charge on any atom is -0.303 e. The Labute approximate surface area is 105 Å². The van der Waals surface area contributed by atoms with Gasteiger partial charge >= 0.3 is 0 Å². The van der Waals surface area contributed by atoms with E-state index in [-0.39, 0.29) is 0 Å². The van der Waals surface area contributed by atoms with Crippen molar-refractivity contribution in [3.63, 3.8) is 0 Å². The van der Waals surface area contributed by atoms with Crippen LogP contribution in [0.15, 0.2) is 0 Å². The maximum Gasteiger partial charge on any atom is 0.133 e. The maximum absolute atomic E-state index is 11.3. The fourth-order valence-corrected chi connectivity index (χ4v) is 4.45. The quantitative estimate of drug-likeness (QED) is 0.749. The standard InChI is InChI=1S/C15H25NO/c1-11(17)13-4-6-16(7-5-13)10-15-9-12-2-3-14(15)8-12/h12-15H,2-10H2,1H3. The van der Waals surface area contributed by atoms with Gasteiger partial charge in [0, 0.05) is 12.5 Å². The molecule has 3 unspecified atom stereocenters. The molecule has 0 radical (unpaired) electrons. The summed E-state index contributed by atoms with van der Waals surface area (Å²) in [6.45, 7) is 5.41. The van der Waals surface area contributed by atoms with E-state index in [1.807, 2.05) is 0 Å². The molecule has 0 amide bonds. The predicted octanol–water partition coefficient (Wildman–Crippen LogP) is 2.72. The fourth-order valence-electron chi connectivity index (χ4n) is 4.45. The van der Waals surface area contributed by atoms with E-state index in [1.165, 1.54) is 32.2 Å². The van der Waals surface area contributed by atoms with Gasteiger partial charge < -0.3 is 4.90 Å². The zero-order chi connectivity index (χ0) is 11.8. The van der Waals surface area contributed by atoms with Gasteiger partial charge in [0.1, 0.15) is 5.78 Å². The number of nitrogens with zero attached hydrogens (tertiary/aromatic N) is 1. The van der Waals surface area contributed by atoms with Crippen molar-refractivity contribution < 1.29 is 4.79 Å². The number of carbonyl (C=O) groups is 1. The van der Waals surface area contributed by atoms with E-state index in [9.17, 15) is 4.79 Å². The summed E-state index contributed by atoms with van der Waals surface area (Å²) in [7, 11) is 0. The van der Waals surface area contributed by atoms with E-state index in [2.05, 4.69) is 4.90 Å². The summed E-state index contributed by atoms with van der Waals surface area (Å²) < 4.78 is 0. The number of ketones is 1. The van der Waals surface area contributed by atoms with Gasteiger partial charge in [-0.05, 0) is 69.9 Å². The molecule has 0 aromatic heterocycles. The zero-order valence-electron chi connectivity index (χ0n) is 11.0. The van der Waals surface area contributed by atoms with Crippen molar-refractivity contribution in [2.45, 2.75) is 45.4 Å². The third-order valence-electron chi connectivity index (χ3n) is 5.54. The Hall–Kier alpha value is -0.370. The van der Waals surface area contributed by atoms with E-state index >= 15 is 0 Å². The Morgan fingerprint density at radius 1 is 1.12 bits per heavy atom. The maximum atomic E-state index is 11.3. The lowest BCUT2D eigenvalue weighted by atomic mass is 9.87. The van der Waals surface area contributed by atoms with Crippen molar-refractivity contribution in [1.29, 1.82) is 0 Å². The first-order valence-corrected chi connectivity index (χ1v) is 7.45. The van der Waals surface area contributed by atoms with Gasteiger partial charge in [-0.3, -0.25) is 4.79 Å². The highest BCUT2D eigenvalue weighted by Crippen LogP contribution is 2.48. The molecule has 0 aromatic carbocycles. The van der Waals surface area contributed by atoms with Crippen LogP contribution in [0.25, 0.3) is 0 Å². The van der Waals surface area contributed by atoms with Crippen LogP contribution in [0.5, 0.6) is 0 Å². The smallest absolute Gasteiger partial charge is 0.133 e. The first-order valence-electron chi connectivity index (χ1n) is 7.45. The highest BCUT2D eigenvalue weighted by atomic mass is 16.1. The SMILES string of the molecule is CC(=O)C1CCN(CC2CC3CCC2C3)CC1. The van der Waals surface area contributed by atoms with E-state index < -0.39 is 0 Å². The first kappa shape index (κ1) is 11.7. The number of Topliss-reactive ketones (excluding diaryl/α,β-unsaturated/α-hetero) is 1. The number of carbonyl (C=O) groups excluding carboxylic acids is 1. The minimum absolute atomic E-state index is 0.367. The molecule has 2 saturated carbocycles. The number of piperidine rings is 1. The van der Waals surface area contributed by atoms with Gasteiger partial charge in [0.2, 0.25) is 0 Å². The largest absolute Gasteiger partial charge is 0.303 e. The van der Waals surface area contributed by atoms with Crippen LogP contribution in [0.1, 0.15) is 45.4 Å². The van der Waals surface area contributed by atoms with Crippen LogP contribution >= 0.6 is 0 Å². The van der Waals surface area contributed by atoms with Crippen molar-refractivity contribution >= 4 is 5.78 Å². The van der Waals surface area contributed by atoms with Gasteiger partial charge in [-0.25, -0.2) is 0 Å². The summed E-state index contributed by atoms with van der Waals surface area (Å²) in [6, 6.07) is 0. The number of likely N-dealkylation sites (tertiary alicyclic amines) is 1. The van der Waals surface area contributed by atoms with Gasteiger partial charge in [-0.15, -0.1) is 0 Å². The van der Waals surface area contributed by atoms with E-state index in [0.717, 1.165) is 43.7 Å². The average Bonchev–Trinajstić information content (AvgIpc) is 2.91. The molecule has 0 N–H and O–H groups in total.